The summed E-state index contributed by atoms with van der Waals surface area (Å²) in [5.74, 6) is 1.10. The van der Waals surface area contributed by atoms with Gasteiger partial charge in [0, 0.05) is 30.2 Å². The second kappa shape index (κ2) is 9.01. The number of carbonyl (C=O) groups excluding carboxylic acids is 2. The molecule has 2 aromatic carbocycles. The van der Waals surface area contributed by atoms with Crippen molar-refractivity contribution in [1.29, 1.82) is 0 Å². The summed E-state index contributed by atoms with van der Waals surface area (Å²) in [6, 6.07) is 12.2. The van der Waals surface area contributed by atoms with Crippen LogP contribution in [0.25, 0.3) is 0 Å². The number of rotatable bonds is 5. The van der Waals surface area contributed by atoms with Crippen LogP contribution < -0.4 is 20.5 Å². The Labute approximate surface area is 223 Å². The number of nitrogens with two attached hydrogens (primary N) is 1. The summed E-state index contributed by atoms with van der Waals surface area (Å²) in [6.07, 6.45) is 0.838. The molecular formula is C29H36N4O5. The SMILES string of the molecule is COCC1(C)Oc2ccc(C(=O)NC3CC(C)(C)Oc4ccccc43)cc2C1N1C(=O)CC(C)(C)N=C1N. The Hall–Kier alpha value is -3.59. The van der Waals surface area contributed by atoms with Gasteiger partial charge in [-0.1, -0.05) is 18.2 Å². The van der Waals surface area contributed by atoms with Crippen LogP contribution in [-0.4, -0.2) is 53.1 Å². The lowest BCUT2D eigenvalue weighted by molar-refractivity contribution is -0.135. The zero-order chi connectivity index (χ0) is 27.5. The van der Waals surface area contributed by atoms with Gasteiger partial charge in [-0.15, -0.1) is 0 Å². The average molecular weight is 521 g/mol. The van der Waals surface area contributed by atoms with Gasteiger partial charge in [-0.2, -0.15) is 0 Å². The van der Waals surface area contributed by atoms with Gasteiger partial charge in [0.2, 0.25) is 5.91 Å². The molecule has 9 nitrogen and oxygen atoms in total. The van der Waals surface area contributed by atoms with E-state index in [-0.39, 0.29) is 36.8 Å². The monoisotopic (exact) mass is 520 g/mol. The molecule has 0 radical (unpaired) electrons. The Bertz CT molecular complexity index is 1320. The summed E-state index contributed by atoms with van der Waals surface area (Å²) in [7, 11) is 1.58. The van der Waals surface area contributed by atoms with E-state index < -0.39 is 22.8 Å². The number of amides is 2. The molecule has 2 amide bonds. The van der Waals surface area contributed by atoms with Gasteiger partial charge < -0.3 is 25.3 Å². The molecule has 0 saturated heterocycles. The molecular weight excluding hydrogens is 484 g/mol. The van der Waals surface area contributed by atoms with Gasteiger partial charge in [0.05, 0.1) is 24.6 Å². The third kappa shape index (κ3) is 4.60. The second-order valence-electron chi connectivity index (χ2n) is 11.9. The van der Waals surface area contributed by atoms with E-state index in [1.165, 1.54) is 4.90 Å². The first kappa shape index (κ1) is 26.0. The molecule has 5 rings (SSSR count). The Morgan fingerprint density at radius 1 is 1.11 bits per heavy atom. The summed E-state index contributed by atoms with van der Waals surface area (Å²) in [5.41, 5.74) is 6.51. The van der Waals surface area contributed by atoms with Crippen LogP contribution in [0.4, 0.5) is 0 Å². The molecule has 3 aliphatic heterocycles. The summed E-state index contributed by atoms with van der Waals surface area (Å²) in [6.45, 7) is 9.86. The van der Waals surface area contributed by atoms with E-state index in [9.17, 15) is 9.59 Å². The van der Waals surface area contributed by atoms with E-state index in [4.69, 9.17) is 19.9 Å². The minimum atomic E-state index is -0.923. The molecule has 0 saturated carbocycles. The highest BCUT2D eigenvalue weighted by Gasteiger charge is 2.52. The van der Waals surface area contributed by atoms with E-state index in [2.05, 4.69) is 10.3 Å². The first-order valence-corrected chi connectivity index (χ1v) is 12.9. The quantitative estimate of drug-likeness (QED) is 0.618. The van der Waals surface area contributed by atoms with E-state index in [1.54, 1.807) is 25.3 Å². The normalized spacial score (nSPS) is 26.9. The number of aliphatic imine (C=N–C) groups is 1. The number of guanidine groups is 1. The molecule has 38 heavy (non-hydrogen) atoms. The first-order chi connectivity index (χ1) is 17.8. The fourth-order valence-corrected chi connectivity index (χ4v) is 5.87. The predicted octanol–water partition coefficient (Wildman–Crippen LogP) is 3.88. The topological polar surface area (TPSA) is 115 Å². The van der Waals surface area contributed by atoms with E-state index in [0.717, 1.165) is 11.3 Å². The van der Waals surface area contributed by atoms with Crippen LogP contribution in [0, 0.1) is 0 Å². The van der Waals surface area contributed by atoms with Crippen LogP contribution in [-0.2, 0) is 9.53 Å². The summed E-state index contributed by atoms with van der Waals surface area (Å²) in [5, 5.41) is 3.19. The van der Waals surface area contributed by atoms with Crippen LogP contribution in [0.1, 0.15) is 81.0 Å². The summed E-state index contributed by atoms with van der Waals surface area (Å²) in [4.78, 5) is 33.0. The first-order valence-electron chi connectivity index (χ1n) is 12.9. The summed E-state index contributed by atoms with van der Waals surface area (Å²) < 4.78 is 17.9. The number of carbonyl (C=O) groups is 2. The van der Waals surface area contributed by atoms with E-state index >= 15 is 0 Å². The van der Waals surface area contributed by atoms with Crippen LogP contribution in [0.15, 0.2) is 47.5 Å². The number of benzene rings is 2. The van der Waals surface area contributed by atoms with E-state index in [1.807, 2.05) is 58.9 Å². The molecule has 3 N–H and O–H groups in total. The number of para-hydroxylation sites is 1. The van der Waals surface area contributed by atoms with Crippen molar-refractivity contribution in [2.24, 2.45) is 10.7 Å². The zero-order valence-electron chi connectivity index (χ0n) is 22.8. The van der Waals surface area contributed by atoms with Crippen molar-refractivity contribution in [3.63, 3.8) is 0 Å². The van der Waals surface area contributed by atoms with Gasteiger partial charge in [-0.25, -0.2) is 4.99 Å². The van der Waals surface area contributed by atoms with Gasteiger partial charge in [-0.3, -0.25) is 14.5 Å². The number of hydrogen-bond acceptors (Lipinski definition) is 7. The van der Waals surface area contributed by atoms with Crippen molar-refractivity contribution in [3.8, 4) is 11.5 Å². The molecule has 202 valence electrons. The lowest BCUT2D eigenvalue weighted by Crippen LogP contribution is -2.57. The van der Waals surface area contributed by atoms with Gasteiger partial charge >= 0.3 is 0 Å². The molecule has 3 aliphatic rings. The number of ether oxygens (including phenoxy) is 3. The highest BCUT2D eigenvalue weighted by Crippen LogP contribution is 2.48. The molecule has 3 unspecified atom stereocenters. The maximum Gasteiger partial charge on any atom is 0.251 e. The smallest absolute Gasteiger partial charge is 0.251 e. The maximum absolute atomic E-state index is 13.6. The van der Waals surface area contributed by atoms with Gasteiger partial charge in [0.25, 0.3) is 5.91 Å². The molecule has 3 atom stereocenters. The van der Waals surface area contributed by atoms with Crippen molar-refractivity contribution >= 4 is 17.8 Å². The fraction of sp³-hybridized carbons (Fsp3) is 0.483. The molecule has 9 heteroatoms. The third-order valence-corrected chi connectivity index (χ3v) is 7.38. The third-order valence-electron chi connectivity index (χ3n) is 7.38. The van der Waals surface area contributed by atoms with Crippen molar-refractivity contribution in [1.82, 2.24) is 10.2 Å². The predicted molar refractivity (Wildman–Crippen MR) is 143 cm³/mol. The highest BCUT2D eigenvalue weighted by molar-refractivity contribution is 6.00. The summed E-state index contributed by atoms with van der Waals surface area (Å²) >= 11 is 0. The van der Waals surface area contributed by atoms with Crippen molar-refractivity contribution in [3.05, 3.63) is 59.2 Å². The minimum absolute atomic E-state index is 0.130. The molecule has 0 bridgehead atoms. The zero-order valence-corrected chi connectivity index (χ0v) is 22.8. The Kier molecular flexibility index (Phi) is 6.17. The maximum atomic E-state index is 13.6. The fourth-order valence-electron chi connectivity index (χ4n) is 5.87. The lowest BCUT2D eigenvalue weighted by atomic mass is 9.88. The van der Waals surface area contributed by atoms with Crippen LogP contribution in [0.2, 0.25) is 0 Å². The molecule has 0 fully saturated rings. The standard InChI is InChI=1S/C29H36N4O5/c1-27(2)15-23(34)33(26(30)32-27)24-19-13-17(11-12-22(19)38-29(24,5)16-36-6)25(35)31-20-14-28(3,4)37-21-10-8-7-9-18(20)21/h7-13,20,24H,14-16H2,1-6H3,(H2,30,32)(H,31,35). The largest absolute Gasteiger partial charge is 0.487 e. The van der Waals surface area contributed by atoms with Crippen LogP contribution in [0.5, 0.6) is 11.5 Å². The number of nitrogens with zero attached hydrogens (tertiary/aromatic N) is 2. The molecule has 2 aromatic rings. The minimum Gasteiger partial charge on any atom is -0.487 e. The number of fused-ring (bicyclic) bond motifs is 2. The van der Waals surface area contributed by atoms with Gasteiger partial charge in [0.1, 0.15) is 23.1 Å². The molecule has 0 aliphatic carbocycles. The van der Waals surface area contributed by atoms with Crippen molar-refractivity contribution in [2.45, 2.75) is 76.3 Å². The van der Waals surface area contributed by atoms with Gasteiger partial charge in [-0.05, 0) is 58.9 Å². The Morgan fingerprint density at radius 2 is 1.82 bits per heavy atom. The van der Waals surface area contributed by atoms with Crippen molar-refractivity contribution in [2.75, 3.05) is 13.7 Å². The number of nitrogens with one attached hydrogen (secondary N) is 1. The number of hydrogen-bond donors (Lipinski definition) is 2. The van der Waals surface area contributed by atoms with Crippen LogP contribution >= 0.6 is 0 Å². The molecule has 0 spiro atoms. The highest BCUT2D eigenvalue weighted by atomic mass is 16.5. The Morgan fingerprint density at radius 3 is 2.53 bits per heavy atom. The molecule has 3 heterocycles. The lowest BCUT2D eigenvalue weighted by Gasteiger charge is -2.41. The van der Waals surface area contributed by atoms with Gasteiger partial charge in [0.15, 0.2) is 11.6 Å². The Balaban J connectivity index is 1.49. The molecule has 0 aromatic heterocycles. The average Bonchev–Trinajstić information content (AvgIpc) is 3.08. The second-order valence-corrected chi connectivity index (χ2v) is 11.9. The van der Waals surface area contributed by atoms with Crippen LogP contribution in [0.3, 0.4) is 0 Å². The van der Waals surface area contributed by atoms with Crippen molar-refractivity contribution < 1.29 is 23.8 Å². The van der Waals surface area contributed by atoms with E-state index in [0.29, 0.717) is 23.3 Å². The number of methoxy groups -OCH3 is 1.